The van der Waals surface area contributed by atoms with Gasteiger partial charge in [0.25, 0.3) is 5.91 Å². The number of fused-ring (bicyclic) bond motifs is 1. The number of benzene rings is 1. The average Bonchev–Trinajstić information content (AvgIpc) is 2.65. The molecule has 1 aromatic heterocycles. The van der Waals surface area contributed by atoms with Gasteiger partial charge in [-0.15, -0.1) is 0 Å². The second kappa shape index (κ2) is 7.68. The summed E-state index contributed by atoms with van der Waals surface area (Å²) >= 11 is 0. The fourth-order valence-electron chi connectivity index (χ4n) is 2.36. The van der Waals surface area contributed by atoms with E-state index in [4.69, 9.17) is 14.2 Å². The number of aromatic nitrogens is 1. The van der Waals surface area contributed by atoms with Crippen LogP contribution in [-0.2, 0) is 4.79 Å². The number of nitro groups is 1. The maximum absolute atomic E-state index is 11.9. The van der Waals surface area contributed by atoms with Gasteiger partial charge in [-0.2, -0.15) is 0 Å². The summed E-state index contributed by atoms with van der Waals surface area (Å²) in [5.41, 5.74) is 0.489. The summed E-state index contributed by atoms with van der Waals surface area (Å²) in [6.45, 7) is 1.81. The molecule has 1 aromatic carbocycles. The molecule has 0 bridgehead atoms. The predicted molar refractivity (Wildman–Crippen MR) is 90.5 cm³/mol. The maximum Gasteiger partial charge on any atom is 0.406 e. The molecule has 1 amide bonds. The summed E-state index contributed by atoms with van der Waals surface area (Å²) in [5.74, 6) is 0.385. The highest BCUT2D eigenvalue weighted by molar-refractivity contribution is 5.77. The van der Waals surface area contributed by atoms with Crippen molar-refractivity contribution in [2.45, 2.75) is 13.0 Å². The number of carbonyl (C=O) groups excluding carboxylic acids is 1. The van der Waals surface area contributed by atoms with Gasteiger partial charge in [-0.25, -0.2) is 0 Å². The van der Waals surface area contributed by atoms with Crippen LogP contribution >= 0.6 is 0 Å². The highest BCUT2D eigenvalue weighted by Gasteiger charge is 2.22. The van der Waals surface area contributed by atoms with Gasteiger partial charge in [-0.05, 0) is 34.2 Å². The van der Waals surface area contributed by atoms with Crippen LogP contribution < -0.4 is 19.5 Å². The molecule has 136 valence electrons. The summed E-state index contributed by atoms with van der Waals surface area (Å²) in [6.07, 6.45) is -0.329. The first-order valence-electron chi connectivity index (χ1n) is 7.93. The van der Waals surface area contributed by atoms with E-state index in [1.54, 1.807) is 25.1 Å². The largest absolute Gasteiger partial charge is 0.486 e. The van der Waals surface area contributed by atoms with Crippen molar-refractivity contribution >= 4 is 11.7 Å². The van der Waals surface area contributed by atoms with Crippen molar-refractivity contribution in [1.82, 2.24) is 10.3 Å². The Morgan fingerprint density at radius 1 is 1.35 bits per heavy atom. The normalized spacial score (nSPS) is 15.2. The van der Waals surface area contributed by atoms with Crippen molar-refractivity contribution in [1.29, 1.82) is 0 Å². The van der Waals surface area contributed by atoms with Crippen LogP contribution in [0.1, 0.15) is 5.69 Å². The number of ether oxygens (including phenoxy) is 3. The summed E-state index contributed by atoms with van der Waals surface area (Å²) in [5, 5.41) is 13.6. The van der Waals surface area contributed by atoms with Crippen LogP contribution in [0.25, 0.3) is 0 Å². The zero-order valence-corrected chi connectivity index (χ0v) is 14.0. The Morgan fingerprint density at radius 3 is 2.88 bits per heavy atom. The number of hydrogen-bond acceptors (Lipinski definition) is 7. The minimum absolute atomic E-state index is 0.0538. The monoisotopic (exact) mass is 359 g/mol. The van der Waals surface area contributed by atoms with Gasteiger partial charge in [-0.3, -0.25) is 4.79 Å². The van der Waals surface area contributed by atoms with E-state index in [1.165, 1.54) is 6.07 Å². The van der Waals surface area contributed by atoms with Crippen LogP contribution in [0.5, 0.6) is 17.2 Å². The standard InChI is InChI=1S/C17H17N3O6/c1-11-6-7-15(17(19-11)20(22)23)25-10-16(21)18-8-12-9-24-13-4-2-3-5-14(13)26-12/h2-7,12H,8-10H2,1H3,(H,18,21)/t12-/m1/s1. The number of hydrogen-bond donors (Lipinski definition) is 1. The SMILES string of the molecule is Cc1ccc(OCC(=O)NC[C@@H]2COc3ccccc3O2)c([N+](=O)[O-])n1. The van der Waals surface area contributed by atoms with Crippen molar-refractivity contribution < 1.29 is 23.9 Å². The van der Waals surface area contributed by atoms with Crippen molar-refractivity contribution in [3.05, 3.63) is 52.2 Å². The number of amides is 1. The van der Waals surface area contributed by atoms with Gasteiger partial charge >= 0.3 is 5.82 Å². The maximum atomic E-state index is 11.9. The Morgan fingerprint density at radius 2 is 2.12 bits per heavy atom. The second-order valence-corrected chi connectivity index (χ2v) is 5.62. The van der Waals surface area contributed by atoms with Crippen molar-refractivity contribution in [3.63, 3.8) is 0 Å². The number of nitrogens with zero attached hydrogens (tertiary/aromatic N) is 2. The van der Waals surface area contributed by atoms with Crippen molar-refractivity contribution in [2.75, 3.05) is 19.8 Å². The third kappa shape index (κ3) is 4.18. The first-order chi connectivity index (χ1) is 12.5. The lowest BCUT2D eigenvalue weighted by Gasteiger charge is -2.26. The van der Waals surface area contributed by atoms with Gasteiger partial charge in [-0.1, -0.05) is 12.1 Å². The van der Waals surface area contributed by atoms with Crippen LogP contribution in [0.2, 0.25) is 0 Å². The van der Waals surface area contributed by atoms with Crippen molar-refractivity contribution in [2.24, 2.45) is 0 Å². The van der Waals surface area contributed by atoms with E-state index >= 15 is 0 Å². The topological polar surface area (TPSA) is 113 Å². The van der Waals surface area contributed by atoms with E-state index in [1.807, 2.05) is 12.1 Å². The Kier molecular flexibility index (Phi) is 5.16. The van der Waals surface area contributed by atoms with E-state index < -0.39 is 16.6 Å². The van der Waals surface area contributed by atoms with E-state index in [-0.39, 0.29) is 25.0 Å². The lowest BCUT2D eigenvalue weighted by atomic mass is 10.2. The van der Waals surface area contributed by atoms with Crippen LogP contribution in [0, 0.1) is 17.0 Å². The van der Waals surface area contributed by atoms with Gasteiger partial charge in [0.05, 0.1) is 6.54 Å². The van der Waals surface area contributed by atoms with Crippen molar-refractivity contribution in [3.8, 4) is 17.2 Å². The summed E-state index contributed by atoms with van der Waals surface area (Å²) in [7, 11) is 0. The number of aryl methyl sites for hydroxylation is 1. The summed E-state index contributed by atoms with van der Waals surface area (Å²) in [6, 6.07) is 10.3. The molecule has 1 aliphatic heterocycles. The van der Waals surface area contributed by atoms with Crippen LogP contribution in [0.3, 0.4) is 0 Å². The van der Waals surface area contributed by atoms with Gasteiger partial charge in [0, 0.05) is 6.92 Å². The van der Waals surface area contributed by atoms with Gasteiger partial charge < -0.3 is 29.6 Å². The van der Waals surface area contributed by atoms with E-state index in [0.717, 1.165) is 0 Å². The minimum atomic E-state index is -0.648. The second-order valence-electron chi connectivity index (χ2n) is 5.62. The number of carbonyl (C=O) groups is 1. The molecule has 3 rings (SSSR count). The number of para-hydroxylation sites is 2. The fraction of sp³-hybridized carbons (Fsp3) is 0.294. The molecule has 9 nitrogen and oxygen atoms in total. The Balaban J connectivity index is 1.49. The third-order valence-corrected chi connectivity index (χ3v) is 3.60. The molecule has 0 aliphatic carbocycles. The predicted octanol–water partition coefficient (Wildman–Crippen LogP) is 1.63. The van der Waals surface area contributed by atoms with Crippen LogP contribution in [0.15, 0.2) is 36.4 Å². The molecule has 1 aliphatic rings. The molecule has 0 unspecified atom stereocenters. The molecule has 9 heteroatoms. The Hall–Kier alpha value is -3.36. The molecule has 0 saturated carbocycles. The first-order valence-corrected chi connectivity index (χ1v) is 7.93. The summed E-state index contributed by atoms with van der Waals surface area (Å²) in [4.78, 5) is 26.1. The molecule has 0 fully saturated rings. The van der Waals surface area contributed by atoms with Crippen LogP contribution in [0.4, 0.5) is 5.82 Å². The van der Waals surface area contributed by atoms with Crippen LogP contribution in [-0.4, -0.2) is 41.7 Å². The minimum Gasteiger partial charge on any atom is -0.486 e. The summed E-state index contributed by atoms with van der Waals surface area (Å²) < 4.78 is 16.5. The van der Waals surface area contributed by atoms with E-state index in [0.29, 0.717) is 23.8 Å². The fourth-order valence-corrected chi connectivity index (χ4v) is 2.36. The number of rotatable bonds is 6. The number of nitrogens with one attached hydrogen (secondary N) is 1. The average molecular weight is 359 g/mol. The molecule has 2 aromatic rings. The lowest BCUT2D eigenvalue weighted by Crippen LogP contribution is -2.42. The molecule has 2 heterocycles. The Labute approximate surface area is 149 Å². The Bertz CT molecular complexity index is 826. The quantitative estimate of drug-likeness (QED) is 0.616. The molecular weight excluding hydrogens is 342 g/mol. The van der Waals surface area contributed by atoms with Gasteiger partial charge in [0.2, 0.25) is 5.75 Å². The van der Waals surface area contributed by atoms with Gasteiger partial charge in [0.1, 0.15) is 18.4 Å². The highest BCUT2D eigenvalue weighted by Crippen LogP contribution is 2.30. The molecule has 26 heavy (non-hydrogen) atoms. The molecule has 0 saturated heterocycles. The molecule has 0 spiro atoms. The van der Waals surface area contributed by atoms with E-state index in [2.05, 4.69) is 10.3 Å². The molecule has 1 atom stereocenters. The molecular formula is C17H17N3O6. The molecule has 0 radical (unpaired) electrons. The zero-order chi connectivity index (χ0) is 18.5. The van der Waals surface area contributed by atoms with E-state index in [9.17, 15) is 14.9 Å². The first kappa shape index (κ1) is 17.5. The lowest BCUT2D eigenvalue weighted by molar-refractivity contribution is -0.390. The smallest absolute Gasteiger partial charge is 0.406 e. The van der Waals surface area contributed by atoms with Gasteiger partial charge in [0.15, 0.2) is 18.1 Å². The number of pyridine rings is 1. The zero-order valence-electron chi connectivity index (χ0n) is 14.0. The molecule has 1 N–H and O–H groups in total. The highest BCUT2D eigenvalue weighted by atomic mass is 16.6. The third-order valence-electron chi connectivity index (χ3n) is 3.60.